The maximum absolute atomic E-state index is 4.17. The molecule has 1 aromatic rings. The maximum atomic E-state index is 4.17. The van der Waals surface area contributed by atoms with Gasteiger partial charge in [0.1, 0.15) is 0 Å². The Labute approximate surface area is 90.2 Å². The largest absolute Gasteiger partial charge is 0.307 e. The summed E-state index contributed by atoms with van der Waals surface area (Å²) in [5, 5.41) is 4.17. The molecule has 4 heteroatoms. The normalized spacial score (nSPS) is 16.8. The highest BCUT2D eigenvalue weighted by atomic mass is 79.9. The van der Waals surface area contributed by atoms with Crippen LogP contribution in [0.2, 0.25) is 0 Å². The van der Waals surface area contributed by atoms with Crippen molar-refractivity contribution in [2.75, 3.05) is 0 Å². The van der Waals surface area contributed by atoms with Gasteiger partial charge in [-0.2, -0.15) is 5.10 Å². The van der Waals surface area contributed by atoms with Crippen molar-refractivity contribution < 1.29 is 0 Å². The molecule has 0 amide bonds. The SMILES string of the molecule is Cc1cc(/C=N/NC2CC2)sc1Br. The second kappa shape index (κ2) is 3.80. The molecule has 0 aliphatic heterocycles. The van der Waals surface area contributed by atoms with Crippen LogP contribution in [0.25, 0.3) is 0 Å². The number of halogens is 1. The average molecular weight is 259 g/mol. The van der Waals surface area contributed by atoms with E-state index in [1.165, 1.54) is 27.1 Å². The van der Waals surface area contributed by atoms with Crippen molar-refractivity contribution in [1.29, 1.82) is 0 Å². The molecule has 70 valence electrons. The van der Waals surface area contributed by atoms with Crippen molar-refractivity contribution in [3.63, 3.8) is 0 Å². The molecular weight excluding hydrogens is 248 g/mol. The van der Waals surface area contributed by atoms with Gasteiger partial charge in [0, 0.05) is 10.9 Å². The van der Waals surface area contributed by atoms with Crippen LogP contribution >= 0.6 is 27.3 Å². The molecule has 1 saturated carbocycles. The number of hydrogen-bond acceptors (Lipinski definition) is 3. The van der Waals surface area contributed by atoms with Gasteiger partial charge in [0.2, 0.25) is 0 Å². The molecule has 0 bridgehead atoms. The van der Waals surface area contributed by atoms with Crippen molar-refractivity contribution >= 4 is 33.5 Å². The van der Waals surface area contributed by atoms with Gasteiger partial charge in [0.05, 0.1) is 10.0 Å². The zero-order chi connectivity index (χ0) is 9.26. The minimum atomic E-state index is 0.640. The van der Waals surface area contributed by atoms with Gasteiger partial charge in [-0.1, -0.05) is 0 Å². The van der Waals surface area contributed by atoms with Gasteiger partial charge in [0.15, 0.2) is 0 Å². The minimum Gasteiger partial charge on any atom is -0.307 e. The summed E-state index contributed by atoms with van der Waals surface area (Å²) in [6.45, 7) is 2.09. The summed E-state index contributed by atoms with van der Waals surface area (Å²) >= 11 is 5.20. The van der Waals surface area contributed by atoms with E-state index < -0.39 is 0 Å². The van der Waals surface area contributed by atoms with E-state index in [9.17, 15) is 0 Å². The molecule has 2 nitrogen and oxygen atoms in total. The lowest BCUT2D eigenvalue weighted by atomic mass is 10.3. The number of hydrogen-bond donors (Lipinski definition) is 1. The summed E-state index contributed by atoms with van der Waals surface area (Å²) in [6, 6.07) is 2.77. The Morgan fingerprint density at radius 1 is 1.69 bits per heavy atom. The molecule has 1 aromatic heterocycles. The minimum absolute atomic E-state index is 0.640. The van der Waals surface area contributed by atoms with Crippen molar-refractivity contribution in [2.45, 2.75) is 25.8 Å². The number of nitrogens with zero attached hydrogens (tertiary/aromatic N) is 1. The molecule has 1 aliphatic rings. The van der Waals surface area contributed by atoms with Gasteiger partial charge in [0.25, 0.3) is 0 Å². The zero-order valence-corrected chi connectivity index (χ0v) is 9.78. The van der Waals surface area contributed by atoms with Gasteiger partial charge in [-0.3, -0.25) is 0 Å². The molecule has 2 rings (SSSR count). The van der Waals surface area contributed by atoms with E-state index in [1.54, 1.807) is 11.3 Å². The molecule has 0 aromatic carbocycles. The molecule has 13 heavy (non-hydrogen) atoms. The highest BCUT2D eigenvalue weighted by molar-refractivity contribution is 9.11. The number of aryl methyl sites for hydroxylation is 1. The standard InChI is InChI=1S/C9H11BrN2S/c1-6-4-8(13-9(6)10)5-11-12-7-2-3-7/h4-5,7,12H,2-3H2,1H3/b11-5+. The highest BCUT2D eigenvalue weighted by Gasteiger charge is 2.19. The Morgan fingerprint density at radius 2 is 2.46 bits per heavy atom. The predicted octanol–water partition coefficient (Wildman–Crippen LogP) is 2.90. The third kappa shape index (κ3) is 2.54. The number of rotatable bonds is 3. The Morgan fingerprint density at radius 3 is 3.00 bits per heavy atom. The Kier molecular flexibility index (Phi) is 2.69. The first-order valence-corrected chi connectivity index (χ1v) is 5.91. The third-order valence-electron chi connectivity index (χ3n) is 1.90. The van der Waals surface area contributed by atoms with Crippen molar-refractivity contribution in [3.8, 4) is 0 Å². The van der Waals surface area contributed by atoms with Crippen molar-refractivity contribution in [2.24, 2.45) is 5.10 Å². The fourth-order valence-corrected chi connectivity index (χ4v) is 2.41. The van der Waals surface area contributed by atoms with Crippen LogP contribution < -0.4 is 5.43 Å². The summed E-state index contributed by atoms with van der Waals surface area (Å²) in [7, 11) is 0. The first-order valence-electron chi connectivity index (χ1n) is 4.30. The Bertz CT molecular complexity index is 309. The second-order valence-electron chi connectivity index (χ2n) is 3.27. The monoisotopic (exact) mass is 258 g/mol. The van der Waals surface area contributed by atoms with Gasteiger partial charge in [-0.05, 0) is 47.3 Å². The number of nitrogens with one attached hydrogen (secondary N) is 1. The lowest BCUT2D eigenvalue weighted by Crippen LogP contribution is -2.07. The smallest absolute Gasteiger partial charge is 0.0734 e. The Balaban J connectivity index is 1.95. The summed E-state index contributed by atoms with van der Waals surface area (Å²) < 4.78 is 1.19. The van der Waals surface area contributed by atoms with E-state index in [0.717, 1.165) is 0 Å². The molecule has 0 atom stereocenters. The van der Waals surface area contributed by atoms with Gasteiger partial charge in [-0.15, -0.1) is 11.3 Å². The van der Waals surface area contributed by atoms with Crippen LogP contribution in [-0.4, -0.2) is 12.3 Å². The van der Waals surface area contributed by atoms with Crippen LogP contribution in [0.5, 0.6) is 0 Å². The third-order valence-corrected chi connectivity index (χ3v) is 3.97. The zero-order valence-electron chi connectivity index (χ0n) is 7.38. The van der Waals surface area contributed by atoms with E-state index in [-0.39, 0.29) is 0 Å². The van der Waals surface area contributed by atoms with E-state index in [1.807, 2.05) is 6.21 Å². The lowest BCUT2D eigenvalue weighted by molar-refractivity contribution is 0.742. The van der Waals surface area contributed by atoms with E-state index in [0.29, 0.717) is 6.04 Å². The first-order chi connectivity index (χ1) is 6.25. The van der Waals surface area contributed by atoms with Gasteiger partial charge >= 0.3 is 0 Å². The van der Waals surface area contributed by atoms with Gasteiger partial charge < -0.3 is 5.43 Å². The molecule has 1 N–H and O–H groups in total. The molecule has 0 radical (unpaired) electrons. The molecule has 1 fully saturated rings. The van der Waals surface area contributed by atoms with Gasteiger partial charge in [-0.25, -0.2) is 0 Å². The number of hydrazone groups is 1. The molecule has 1 heterocycles. The fourth-order valence-electron chi connectivity index (χ4n) is 0.966. The molecule has 1 aliphatic carbocycles. The topological polar surface area (TPSA) is 24.4 Å². The lowest BCUT2D eigenvalue weighted by Gasteiger charge is -1.91. The molecule has 0 spiro atoms. The molecule has 0 unspecified atom stereocenters. The predicted molar refractivity (Wildman–Crippen MR) is 60.5 cm³/mol. The molecule has 0 saturated heterocycles. The first kappa shape index (κ1) is 9.21. The van der Waals surface area contributed by atoms with E-state index in [2.05, 4.69) is 39.4 Å². The quantitative estimate of drug-likeness (QED) is 0.655. The van der Waals surface area contributed by atoms with Crippen molar-refractivity contribution in [1.82, 2.24) is 5.43 Å². The summed E-state index contributed by atoms with van der Waals surface area (Å²) in [5.41, 5.74) is 4.37. The summed E-state index contributed by atoms with van der Waals surface area (Å²) in [6.07, 6.45) is 4.43. The van der Waals surface area contributed by atoms with Crippen molar-refractivity contribution in [3.05, 3.63) is 20.3 Å². The Hall–Kier alpha value is -0.350. The van der Waals surface area contributed by atoms with E-state index in [4.69, 9.17) is 0 Å². The van der Waals surface area contributed by atoms with Crippen LogP contribution in [0.3, 0.4) is 0 Å². The molecular formula is C9H11BrN2S. The maximum Gasteiger partial charge on any atom is 0.0734 e. The van der Waals surface area contributed by atoms with Crippen LogP contribution in [0.4, 0.5) is 0 Å². The van der Waals surface area contributed by atoms with Crippen LogP contribution in [0, 0.1) is 6.92 Å². The fraction of sp³-hybridized carbons (Fsp3) is 0.444. The summed E-state index contributed by atoms with van der Waals surface area (Å²) in [4.78, 5) is 1.19. The van der Waals surface area contributed by atoms with Crippen LogP contribution in [0.15, 0.2) is 15.0 Å². The second-order valence-corrected chi connectivity index (χ2v) is 5.67. The number of thiophene rings is 1. The van der Waals surface area contributed by atoms with Crippen LogP contribution in [0.1, 0.15) is 23.3 Å². The highest BCUT2D eigenvalue weighted by Crippen LogP contribution is 2.26. The summed E-state index contributed by atoms with van der Waals surface area (Å²) in [5.74, 6) is 0. The van der Waals surface area contributed by atoms with E-state index >= 15 is 0 Å². The van der Waals surface area contributed by atoms with Crippen LogP contribution in [-0.2, 0) is 0 Å². The average Bonchev–Trinajstić information content (AvgIpc) is 2.82.